The van der Waals surface area contributed by atoms with Crippen LogP contribution in [0.2, 0.25) is 0 Å². The lowest BCUT2D eigenvalue weighted by molar-refractivity contribution is 0.621. The number of hydrogen-bond acceptors (Lipinski definition) is 1. The van der Waals surface area contributed by atoms with Crippen LogP contribution >= 0.6 is 34.8 Å². The maximum absolute atomic E-state index is 14.0. The monoisotopic (exact) mass is 319 g/mol. The van der Waals surface area contributed by atoms with Gasteiger partial charge in [0.1, 0.15) is 5.82 Å². The Balaban J connectivity index is 2.50. The molecular formula is C14H13Cl3FN. The van der Waals surface area contributed by atoms with Crippen molar-refractivity contribution >= 4 is 40.5 Å². The molecule has 0 aliphatic heterocycles. The molecule has 1 nitrogen and oxygen atoms in total. The van der Waals surface area contributed by atoms with Gasteiger partial charge in [0.15, 0.2) is 0 Å². The van der Waals surface area contributed by atoms with Gasteiger partial charge in [0.05, 0.1) is 10.7 Å². The molecule has 0 aromatic heterocycles. The van der Waals surface area contributed by atoms with Gasteiger partial charge in [0.25, 0.3) is 0 Å². The van der Waals surface area contributed by atoms with Crippen LogP contribution in [0.4, 0.5) is 10.1 Å². The van der Waals surface area contributed by atoms with Crippen LogP contribution in [0.3, 0.4) is 0 Å². The van der Waals surface area contributed by atoms with E-state index in [0.717, 1.165) is 5.56 Å². The average molecular weight is 321 g/mol. The van der Waals surface area contributed by atoms with Crippen molar-refractivity contribution in [2.24, 2.45) is 0 Å². The first kappa shape index (κ1) is 14.7. The van der Waals surface area contributed by atoms with Gasteiger partial charge in [-0.25, -0.2) is 4.39 Å². The average Bonchev–Trinajstić information content (AvgIpc) is 2.33. The molecule has 2 rings (SSSR count). The number of halogens is 4. The van der Waals surface area contributed by atoms with Crippen molar-refractivity contribution in [3.63, 3.8) is 0 Å². The molecule has 1 aliphatic rings. The van der Waals surface area contributed by atoms with Crippen LogP contribution in [-0.2, 0) is 0 Å². The van der Waals surface area contributed by atoms with E-state index in [1.807, 2.05) is 6.07 Å². The summed E-state index contributed by atoms with van der Waals surface area (Å²) >= 11 is 18.3. The Kier molecular flexibility index (Phi) is 4.44. The highest BCUT2D eigenvalue weighted by Crippen LogP contribution is 2.44. The maximum Gasteiger partial charge on any atom is 0.146 e. The fourth-order valence-electron chi connectivity index (χ4n) is 2.22. The predicted molar refractivity (Wildman–Crippen MR) is 80.8 cm³/mol. The molecule has 0 heterocycles. The summed E-state index contributed by atoms with van der Waals surface area (Å²) in [6, 6.07) is 4.97. The van der Waals surface area contributed by atoms with Crippen molar-refractivity contribution in [3.05, 3.63) is 50.8 Å². The zero-order valence-corrected chi connectivity index (χ0v) is 12.8. The second-order valence-corrected chi connectivity index (χ2v) is 5.91. The summed E-state index contributed by atoms with van der Waals surface area (Å²) in [5.41, 5.74) is 1.34. The molecule has 1 aromatic rings. The lowest BCUT2D eigenvalue weighted by Gasteiger charge is -2.26. The summed E-state index contributed by atoms with van der Waals surface area (Å²) in [5.74, 6) is -0.437. The number of hydrogen-bond donors (Lipinski definition) is 0. The minimum absolute atomic E-state index is 0.162. The van der Waals surface area contributed by atoms with Crippen LogP contribution in [0.25, 0.3) is 0 Å². The summed E-state index contributed by atoms with van der Waals surface area (Å²) in [5, 5.41) is 1.57. The van der Waals surface area contributed by atoms with Crippen LogP contribution in [-0.4, -0.2) is 14.1 Å². The Hall–Kier alpha value is -0.700. The van der Waals surface area contributed by atoms with Crippen LogP contribution in [0.15, 0.2) is 39.4 Å². The Morgan fingerprint density at radius 3 is 2.53 bits per heavy atom. The van der Waals surface area contributed by atoms with E-state index in [-0.39, 0.29) is 11.7 Å². The van der Waals surface area contributed by atoms with Crippen molar-refractivity contribution < 1.29 is 4.39 Å². The number of rotatable bonds is 2. The summed E-state index contributed by atoms with van der Waals surface area (Å²) in [7, 11) is 3.60. The molecule has 1 aliphatic carbocycles. The maximum atomic E-state index is 14.0. The van der Waals surface area contributed by atoms with Crippen LogP contribution < -0.4 is 4.90 Å². The summed E-state index contributed by atoms with van der Waals surface area (Å²) in [6.07, 6.45) is 2.12. The molecule has 19 heavy (non-hydrogen) atoms. The van der Waals surface area contributed by atoms with E-state index in [2.05, 4.69) is 0 Å². The van der Waals surface area contributed by atoms with Gasteiger partial charge >= 0.3 is 0 Å². The molecule has 0 radical (unpaired) electrons. The van der Waals surface area contributed by atoms with Gasteiger partial charge in [0.2, 0.25) is 0 Å². The molecular weight excluding hydrogens is 308 g/mol. The van der Waals surface area contributed by atoms with Gasteiger partial charge < -0.3 is 4.90 Å². The first-order valence-corrected chi connectivity index (χ1v) is 6.92. The first-order chi connectivity index (χ1) is 8.91. The van der Waals surface area contributed by atoms with Gasteiger partial charge in [-0.15, -0.1) is 0 Å². The SMILES string of the molecule is CN(C)c1c(F)cccc1C1CC(Cl)=C(Cl)C=C1Cl. The molecule has 0 fully saturated rings. The minimum Gasteiger partial charge on any atom is -0.375 e. The Morgan fingerprint density at radius 2 is 1.89 bits per heavy atom. The van der Waals surface area contributed by atoms with E-state index in [9.17, 15) is 4.39 Å². The quantitative estimate of drug-likeness (QED) is 0.724. The lowest BCUT2D eigenvalue weighted by Crippen LogP contribution is -2.16. The van der Waals surface area contributed by atoms with Gasteiger partial charge in [-0.05, 0) is 24.1 Å². The second-order valence-electron chi connectivity index (χ2n) is 4.61. The smallest absolute Gasteiger partial charge is 0.146 e. The highest BCUT2D eigenvalue weighted by molar-refractivity contribution is 6.42. The van der Waals surface area contributed by atoms with Gasteiger partial charge in [0, 0.05) is 30.1 Å². The number of para-hydroxylation sites is 1. The molecule has 0 amide bonds. The van der Waals surface area contributed by atoms with E-state index >= 15 is 0 Å². The first-order valence-electron chi connectivity index (χ1n) is 5.78. The Bertz CT molecular complexity index is 564. The summed E-state index contributed by atoms with van der Waals surface area (Å²) < 4.78 is 14.0. The summed E-state index contributed by atoms with van der Waals surface area (Å²) in [6.45, 7) is 0. The third-order valence-electron chi connectivity index (χ3n) is 3.08. The Morgan fingerprint density at radius 1 is 1.21 bits per heavy atom. The van der Waals surface area contributed by atoms with E-state index in [1.165, 1.54) is 6.07 Å². The Labute approximate surface area is 127 Å². The van der Waals surface area contributed by atoms with E-state index in [0.29, 0.717) is 27.2 Å². The molecule has 0 saturated carbocycles. The van der Waals surface area contributed by atoms with Crippen molar-refractivity contribution in [1.29, 1.82) is 0 Å². The number of benzene rings is 1. The molecule has 1 atom stereocenters. The zero-order valence-electron chi connectivity index (χ0n) is 10.6. The van der Waals surface area contributed by atoms with Gasteiger partial charge in [-0.1, -0.05) is 46.9 Å². The molecule has 5 heteroatoms. The highest BCUT2D eigenvalue weighted by atomic mass is 35.5. The van der Waals surface area contributed by atoms with Crippen molar-refractivity contribution in [2.75, 3.05) is 19.0 Å². The highest BCUT2D eigenvalue weighted by Gasteiger charge is 2.26. The van der Waals surface area contributed by atoms with Crippen LogP contribution in [0, 0.1) is 5.82 Å². The minimum atomic E-state index is -0.274. The third kappa shape index (κ3) is 2.91. The van der Waals surface area contributed by atoms with Crippen molar-refractivity contribution in [3.8, 4) is 0 Å². The van der Waals surface area contributed by atoms with Crippen molar-refractivity contribution in [1.82, 2.24) is 0 Å². The molecule has 102 valence electrons. The molecule has 0 N–H and O–H groups in total. The normalized spacial score (nSPS) is 19.5. The molecule has 0 saturated heterocycles. The van der Waals surface area contributed by atoms with Crippen molar-refractivity contribution in [2.45, 2.75) is 12.3 Å². The topological polar surface area (TPSA) is 3.24 Å². The fraction of sp³-hybridized carbons (Fsp3) is 0.286. The predicted octanol–water partition coefficient (Wildman–Crippen LogP) is 5.19. The fourth-order valence-corrected chi connectivity index (χ4v) is 2.98. The molecule has 1 aromatic carbocycles. The largest absolute Gasteiger partial charge is 0.375 e. The standard InChI is InChI=1S/C14H13Cl3FN/c1-19(2)14-8(4-3-5-13(14)18)9-6-11(16)12(17)7-10(9)15/h3-5,7,9H,6H2,1-2H3. The van der Waals surface area contributed by atoms with Gasteiger partial charge in [-0.2, -0.15) is 0 Å². The molecule has 0 spiro atoms. The number of anilines is 1. The van der Waals surface area contributed by atoms with Crippen LogP contribution in [0.5, 0.6) is 0 Å². The van der Waals surface area contributed by atoms with Crippen LogP contribution in [0.1, 0.15) is 17.9 Å². The van der Waals surface area contributed by atoms with E-state index < -0.39 is 0 Å². The summed E-state index contributed by atoms with van der Waals surface area (Å²) in [4.78, 5) is 1.74. The van der Waals surface area contributed by atoms with Gasteiger partial charge in [-0.3, -0.25) is 0 Å². The second kappa shape index (κ2) is 5.74. The number of nitrogens with zero attached hydrogens (tertiary/aromatic N) is 1. The third-order valence-corrected chi connectivity index (χ3v) is 4.24. The zero-order chi connectivity index (χ0) is 14.2. The lowest BCUT2D eigenvalue weighted by atomic mass is 9.90. The molecule has 1 unspecified atom stereocenters. The number of allylic oxidation sites excluding steroid dienone is 4. The van der Waals surface area contributed by atoms with E-state index in [1.54, 1.807) is 31.1 Å². The molecule has 0 bridgehead atoms. The van der Waals surface area contributed by atoms with E-state index in [4.69, 9.17) is 34.8 Å².